The van der Waals surface area contributed by atoms with Crippen LogP contribution in [0.4, 0.5) is 0 Å². The molecule has 0 unspecified atom stereocenters. The van der Waals surface area contributed by atoms with Crippen molar-refractivity contribution in [1.82, 2.24) is 19.8 Å². The number of amides is 1. The van der Waals surface area contributed by atoms with Gasteiger partial charge in [0.15, 0.2) is 0 Å². The number of rotatable bonds is 7. The minimum Gasteiger partial charge on any atom is -0.491 e. The number of halogens is 1. The summed E-state index contributed by atoms with van der Waals surface area (Å²) in [4.78, 5) is 24.4. The minimum absolute atomic E-state index is 0.0707. The van der Waals surface area contributed by atoms with Crippen LogP contribution in [-0.4, -0.2) is 83.9 Å². The van der Waals surface area contributed by atoms with E-state index in [1.54, 1.807) is 18.5 Å². The van der Waals surface area contributed by atoms with Gasteiger partial charge in [0.05, 0.1) is 32.6 Å². The lowest BCUT2D eigenvalue weighted by Crippen LogP contribution is -2.57. The number of carbonyl (C=O) groups is 1. The number of aromatic amines is 1. The predicted octanol–water partition coefficient (Wildman–Crippen LogP) is 1.96. The molecule has 1 aromatic heterocycles. The van der Waals surface area contributed by atoms with E-state index in [1.807, 2.05) is 23.2 Å². The number of benzene rings is 1. The van der Waals surface area contributed by atoms with Crippen LogP contribution in [0.5, 0.6) is 5.75 Å². The molecule has 4 rings (SSSR count). The van der Waals surface area contributed by atoms with Crippen LogP contribution in [0.3, 0.4) is 0 Å². The molecule has 162 valence electrons. The van der Waals surface area contributed by atoms with E-state index in [2.05, 4.69) is 14.9 Å². The van der Waals surface area contributed by atoms with Crippen LogP contribution in [0.15, 0.2) is 36.8 Å². The molecule has 2 fully saturated rings. The SMILES string of the molecule is O=C(C[C@]1(COc2ccc(Cl)cc2)CN(Cc2cnc[nH]2)CCO1)N1CCOCC1. The van der Waals surface area contributed by atoms with E-state index in [4.69, 9.17) is 25.8 Å². The normalized spacial score (nSPS) is 22.8. The van der Waals surface area contributed by atoms with Crippen molar-refractivity contribution in [3.63, 3.8) is 0 Å². The van der Waals surface area contributed by atoms with Crippen LogP contribution in [-0.2, 0) is 20.8 Å². The van der Waals surface area contributed by atoms with Gasteiger partial charge in [-0.15, -0.1) is 0 Å². The highest BCUT2D eigenvalue weighted by Gasteiger charge is 2.41. The molecule has 1 amide bonds. The molecular formula is C21H27ClN4O4. The Bertz CT molecular complexity index is 811. The Morgan fingerprint density at radius 3 is 2.73 bits per heavy atom. The summed E-state index contributed by atoms with van der Waals surface area (Å²) in [5.74, 6) is 0.772. The molecule has 3 heterocycles. The van der Waals surface area contributed by atoms with E-state index in [-0.39, 0.29) is 18.9 Å². The van der Waals surface area contributed by atoms with E-state index in [0.717, 1.165) is 18.8 Å². The molecule has 0 saturated carbocycles. The number of carbonyl (C=O) groups excluding carboxylic acids is 1. The lowest BCUT2D eigenvalue weighted by molar-refractivity contribution is -0.159. The largest absolute Gasteiger partial charge is 0.491 e. The summed E-state index contributed by atoms with van der Waals surface area (Å²) in [5.41, 5.74) is 0.303. The number of nitrogens with one attached hydrogen (secondary N) is 1. The number of hydrogen-bond donors (Lipinski definition) is 1. The maximum atomic E-state index is 13.0. The third kappa shape index (κ3) is 5.51. The van der Waals surface area contributed by atoms with Crippen LogP contribution in [0.1, 0.15) is 12.1 Å². The van der Waals surface area contributed by atoms with Crippen molar-refractivity contribution in [1.29, 1.82) is 0 Å². The third-order valence-electron chi connectivity index (χ3n) is 5.43. The van der Waals surface area contributed by atoms with E-state index in [9.17, 15) is 4.79 Å². The van der Waals surface area contributed by atoms with Gasteiger partial charge in [-0.1, -0.05) is 11.6 Å². The van der Waals surface area contributed by atoms with Gasteiger partial charge < -0.3 is 24.1 Å². The first-order valence-electron chi connectivity index (χ1n) is 10.2. The highest BCUT2D eigenvalue weighted by molar-refractivity contribution is 6.30. The van der Waals surface area contributed by atoms with Crippen molar-refractivity contribution in [3.8, 4) is 5.75 Å². The molecular weight excluding hydrogens is 408 g/mol. The first-order chi connectivity index (χ1) is 14.6. The lowest BCUT2D eigenvalue weighted by Gasteiger charge is -2.43. The van der Waals surface area contributed by atoms with Crippen LogP contribution in [0, 0.1) is 0 Å². The molecule has 2 saturated heterocycles. The predicted molar refractivity (Wildman–Crippen MR) is 112 cm³/mol. The summed E-state index contributed by atoms with van der Waals surface area (Å²) in [5, 5.41) is 0.652. The molecule has 1 atom stereocenters. The van der Waals surface area contributed by atoms with Gasteiger partial charge in [-0.3, -0.25) is 9.69 Å². The van der Waals surface area contributed by atoms with E-state index < -0.39 is 5.60 Å². The molecule has 0 bridgehead atoms. The summed E-state index contributed by atoms with van der Waals surface area (Å²) in [6.07, 6.45) is 3.76. The van der Waals surface area contributed by atoms with Gasteiger partial charge in [0.1, 0.15) is 18.0 Å². The van der Waals surface area contributed by atoms with Crippen LogP contribution in [0.25, 0.3) is 0 Å². The van der Waals surface area contributed by atoms with Crippen LogP contribution >= 0.6 is 11.6 Å². The van der Waals surface area contributed by atoms with Crippen molar-refractivity contribution in [2.75, 3.05) is 52.6 Å². The number of nitrogens with zero attached hydrogens (tertiary/aromatic N) is 3. The van der Waals surface area contributed by atoms with Gasteiger partial charge in [0, 0.05) is 49.6 Å². The van der Waals surface area contributed by atoms with Crippen molar-refractivity contribution < 1.29 is 19.0 Å². The van der Waals surface area contributed by atoms with Crippen molar-refractivity contribution >= 4 is 17.5 Å². The fraction of sp³-hybridized carbons (Fsp3) is 0.524. The molecule has 1 N–H and O–H groups in total. The van der Waals surface area contributed by atoms with Gasteiger partial charge >= 0.3 is 0 Å². The number of H-pyrrole nitrogens is 1. The van der Waals surface area contributed by atoms with Gasteiger partial charge in [0.2, 0.25) is 5.91 Å². The number of imidazole rings is 1. The number of aromatic nitrogens is 2. The Kier molecular flexibility index (Phi) is 6.89. The van der Waals surface area contributed by atoms with Crippen LogP contribution < -0.4 is 4.74 Å². The molecule has 9 heteroatoms. The molecule has 8 nitrogen and oxygen atoms in total. The highest BCUT2D eigenvalue weighted by Crippen LogP contribution is 2.27. The van der Waals surface area contributed by atoms with Crippen molar-refractivity contribution in [3.05, 3.63) is 47.5 Å². The van der Waals surface area contributed by atoms with Gasteiger partial charge in [-0.05, 0) is 24.3 Å². The second-order valence-corrected chi connectivity index (χ2v) is 8.17. The summed E-state index contributed by atoms with van der Waals surface area (Å²) < 4.78 is 17.7. The summed E-state index contributed by atoms with van der Waals surface area (Å²) in [7, 11) is 0. The Labute approximate surface area is 181 Å². The topological polar surface area (TPSA) is 79.9 Å². The van der Waals surface area contributed by atoms with Gasteiger partial charge in [-0.2, -0.15) is 0 Å². The zero-order chi connectivity index (χ0) is 20.8. The number of hydrogen-bond acceptors (Lipinski definition) is 6. The molecule has 0 radical (unpaired) electrons. The Morgan fingerprint density at radius 2 is 2.00 bits per heavy atom. The summed E-state index contributed by atoms with van der Waals surface area (Å²) >= 11 is 5.97. The maximum Gasteiger partial charge on any atom is 0.225 e. The maximum absolute atomic E-state index is 13.0. The number of ether oxygens (including phenoxy) is 3. The minimum atomic E-state index is -0.729. The summed E-state index contributed by atoms with van der Waals surface area (Å²) in [6, 6.07) is 7.22. The van der Waals surface area contributed by atoms with Crippen molar-refractivity contribution in [2.24, 2.45) is 0 Å². The quantitative estimate of drug-likeness (QED) is 0.717. The molecule has 2 aliphatic heterocycles. The average molecular weight is 435 g/mol. The third-order valence-corrected chi connectivity index (χ3v) is 5.68. The average Bonchev–Trinajstić information content (AvgIpc) is 3.27. The monoisotopic (exact) mass is 434 g/mol. The molecule has 30 heavy (non-hydrogen) atoms. The second-order valence-electron chi connectivity index (χ2n) is 7.73. The van der Waals surface area contributed by atoms with E-state index >= 15 is 0 Å². The van der Waals surface area contributed by atoms with Crippen molar-refractivity contribution in [2.45, 2.75) is 18.6 Å². The summed E-state index contributed by atoms with van der Waals surface area (Å²) in [6.45, 7) is 5.30. The smallest absolute Gasteiger partial charge is 0.225 e. The molecule has 0 aliphatic carbocycles. The number of morpholine rings is 2. The fourth-order valence-electron chi connectivity index (χ4n) is 3.86. The highest BCUT2D eigenvalue weighted by atomic mass is 35.5. The van der Waals surface area contributed by atoms with Gasteiger partial charge in [-0.25, -0.2) is 4.98 Å². The Balaban J connectivity index is 1.47. The molecule has 2 aromatic rings. The first kappa shape index (κ1) is 21.1. The van der Waals surface area contributed by atoms with Crippen LogP contribution in [0.2, 0.25) is 5.02 Å². The second kappa shape index (κ2) is 9.78. The zero-order valence-electron chi connectivity index (χ0n) is 16.9. The first-order valence-corrected chi connectivity index (χ1v) is 10.6. The Morgan fingerprint density at radius 1 is 1.20 bits per heavy atom. The zero-order valence-corrected chi connectivity index (χ0v) is 17.6. The van der Waals surface area contributed by atoms with E-state index in [1.165, 1.54) is 0 Å². The molecule has 1 aromatic carbocycles. The van der Waals surface area contributed by atoms with E-state index in [0.29, 0.717) is 50.2 Å². The molecule has 0 spiro atoms. The standard InChI is InChI=1S/C21H27ClN4O4/c22-17-1-3-19(4-2-17)29-15-21(11-20(27)26-6-8-28-9-7-26)14-25(5-10-30-21)13-18-12-23-16-24-18/h1-4,12,16H,5-11,13-15H2,(H,23,24)/t21-/m1/s1. The van der Waals surface area contributed by atoms with Gasteiger partial charge in [0.25, 0.3) is 0 Å². The molecule has 2 aliphatic rings. The fourth-order valence-corrected chi connectivity index (χ4v) is 3.99. The Hall–Kier alpha value is -2.13. The lowest BCUT2D eigenvalue weighted by atomic mass is 9.96.